The average molecular weight is 494 g/mol. The van der Waals surface area contributed by atoms with Crippen LogP contribution in [0.25, 0.3) is 16.9 Å². The van der Waals surface area contributed by atoms with Gasteiger partial charge >= 0.3 is 6.18 Å². The lowest BCUT2D eigenvalue weighted by Crippen LogP contribution is -2.16. The van der Waals surface area contributed by atoms with E-state index in [1.54, 1.807) is 16.9 Å². The third-order valence-electron chi connectivity index (χ3n) is 5.57. The van der Waals surface area contributed by atoms with Gasteiger partial charge in [-0.1, -0.05) is 24.3 Å². The number of aromatic nitrogens is 5. The van der Waals surface area contributed by atoms with Crippen LogP contribution in [0.4, 0.5) is 23.4 Å². The number of rotatable bonds is 5. The largest absolute Gasteiger partial charge is 0.433 e. The van der Waals surface area contributed by atoms with Crippen LogP contribution in [0.5, 0.6) is 0 Å². The van der Waals surface area contributed by atoms with Crippen molar-refractivity contribution in [2.75, 3.05) is 5.32 Å². The molecule has 0 atom stereocenters. The quantitative estimate of drug-likeness (QED) is 0.334. The number of benzene rings is 2. The highest BCUT2D eigenvalue weighted by atomic mass is 19.4. The Bertz CT molecular complexity index is 1570. The van der Waals surface area contributed by atoms with Crippen LogP contribution in [0.1, 0.15) is 27.3 Å². The van der Waals surface area contributed by atoms with E-state index >= 15 is 0 Å². The van der Waals surface area contributed by atoms with E-state index in [4.69, 9.17) is 0 Å². The molecule has 5 rings (SSSR count). The first-order valence-electron chi connectivity index (χ1n) is 10.8. The lowest BCUT2D eigenvalue weighted by Gasteiger charge is -2.11. The molecule has 1 amide bonds. The van der Waals surface area contributed by atoms with Crippen molar-refractivity contribution < 1.29 is 22.4 Å². The minimum Gasteiger partial charge on any atom is -0.304 e. The van der Waals surface area contributed by atoms with Gasteiger partial charge < -0.3 is 5.32 Å². The SMILES string of the molecule is Cc1ccccc1Cn1ccc(NC(=O)c2cc3nc(-c4ccc(F)cc4)cc(C(F)(F)F)n3n2)n1. The van der Waals surface area contributed by atoms with Crippen LogP contribution in [0.2, 0.25) is 0 Å². The van der Waals surface area contributed by atoms with Crippen LogP contribution in [0, 0.1) is 12.7 Å². The number of hydrogen-bond donors (Lipinski definition) is 1. The molecule has 0 bridgehead atoms. The van der Waals surface area contributed by atoms with Crippen LogP contribution in [-0.2, 0) is 12.7 Å². The van der Waals surface area contributed by atoms with E-state index in [0.29, 0.717) is 11.1 Å². The Morgan fingerprint density at radius 2 is 1.75 bits per heavy atom. The van der Waals surface area contributed by atoms with Crippen LogP contribution >= 0.6 is 0 Å². The van der Waals surface area contributed by atoms with Gasteiger partial charge in [-0.05, 0) is 48.4 Å². The third kappa shape index (κ3) is 4.67. The molecule has 36 heavy (non-hydrogen) atoms. The lowest BCUT2D eigenvalue weighted by atomic mass is 10.1. The Hall–Kier alpha value is -4.54. The second-order valence-corrected chi connectivity index (χ2v) is 8.11. The van der Waals surface area contributed by atoms with Crippen molar-refractivity contribution in [2.45, 2.75) is 19.6 Å². The third-order valence-corrected chi connectivity index (χ3v) is 5.57. The zero-order valence-corrected chi connectivity index (χ0v) is 18.8. The lowest BCUT2D eigenvalue weighted by molar-refractivity contribution is -0.142. The fourth-order valence-electron chi connectivity index (χ4n) is 3.71. The topological polar surface area (TPSA) is 77.1 Å². The standard InChI is InChI=1S/C25H18F4N6O/c1-15-4-2-3-5-17(15)14-34-11-10-22(33-34)31-24(36)20-13-23-30-19(16-6-8-18(26)9-7-16)12-21(25(27,28)29)35(23)32-20/h2-13H,14H2,1H3,(H,31,33,36). The van der Waals surface area contributed by atoms with Crippen molar-refractivity contribution in [3.63, 3.8) is 0 Å². The summed E-state index contributed by atoms with van der Waals surface area (Å²) in [7, 11) is 0. The maximum Gasteiger partial charge on any atom is 0.433 e. The predicted molar refractivity (Wildman–Crippen MR) is 124 cm³/mol. The minimum absolute atomic E-state index is 0.0309. The molecule has 0 aliphatic carbocycles. The van der Waals surface area contributed by atoms with Crippen LogP contribution in [-0.4, -0.2) is 30.3 Å². The van der Waals surface area contributed by atoms with Gasteiger partial charge in [-0.2, -0.15) is 23.4 Å². The summed E-state index contributed by atoms with van der Waals surface area (Å²) in [5, 5.41) is 10.7. The van der Waals surface area contributed by atoms with E-state index in [9.17, 15) is 22.4 Å². The summed E-state index contributed by atoms with van der Waals surface area (Å²) in [5.74, 6) is -1.04. The maximum atomic E-state index is 13.8. The highest BCUT2D eigenvalue weighted by molar-refractivity contribution is 6.03. The molecule has 5 aromatic rings. The molecule has 0 spiro atoms. The molecule has 3 aromatic heterocycles. The number of aryl methyl sites for hydroxylation is 1. The maximum absolute atomic E-state index is 13.8. The van der Waals surface area contributed by atoms with Gasteiger partial charge in [0.1, 0.15) is 5.82 Å². The normalized spacial score (nSPS) is 11.7. The van der Waals surface area contributed by atoms with E-state index in [1.165, 1.54) is 12.1 Å². The first-order chi connectivity index (χ1) is 17.2. The number of fused-ring (bicyclic) bond motifs is 1. The van der Waals surface area contributed by atoms with Crippen molar-refractivity contribution in [1.82, 2.24) is 24.4 Å². The molecule has 0 saturated heterocycles. The van der Waals surface area contributed by atoms with Gasteiger partial charge in [0, 0.05) is 23.9 Å². The molecule has 0 fully saturated rings. The minimum atomic E-state index is -4.77. The molecule has 0 radical (unpaired) electrons. The molecule has 0 aliphatic rings. The van der Waals surface area contributed by atoms with E-state index in [-0.39, 0.29) is 28.4 Å². The van der Waals surface area contributed by atoms with Crippen molar-refractivity contribution in [2.24, 2.45) is 0 Å². The highest BCUT2D eigenvalue weighted by Gasteiger charge is 2.35. The summed E-state index contributed by atoms with van der Waals surface area (Å²) in [5.41, 5.74) is 0.843. The number of halogens is 4. The number of hydrogen-bond acceptors (Lipinski definition) is 4. The number of anilines is 1. The molecule has 0 unspecified atom stereocenters. The van der Waals surface area contributed by atoms with Gasteiger partial charge in [0.2, 0.25) is 0 Å². The van der Waals surface area contributed by atoms with Gasteiger partial charge in [0.25, 0.3) is 5.91 Å². The molecule has 7 nitrogen and oxygen atoms in total. The predicted octanol–water partition coefficient (Wildman–Crippen LogP) is 5.36. The highest BCUT2D eigenvalue weighted by Crippen LogP contribution is 2.32. The number of alkyl halides is 3. The molecule has 1 N–H and O–H groups in total. The summed E-state index contributed by atoms with van der Waals surface area (Å²) >= 11 is 0. The van der Waals surface area contributed by atoms with E-state index in [0.717, 1.165) is 35.4 Å². The zero-order valence-electron chi connectivity index (χ0n) is 18.8. The first-order valence-corrected chi connectivity index (χ1v) is 10.8. The molecule has 0 aliphatic heterocycles. The summed E-state index contributed by atoms with van der Waals surface area (Å²) in [6, 6.07) is 16.3. The number of carbonyl (C=O) groups is 1. The Balaban J connectivity index is 1.43. The average Bonchev–Trinajstić information content (AvgIpc) is 3.46. The van der Waals surface area contributed by atoms with Gasteiger partial charge in [-0.25, -0.2) is 13.9 Å². The molecule has 2 aromatic carbocycles. The summed E-state index contributed by atoms with van der Waals surface area (Å²) in [4.78, 5) is 17.0. The Kier molecular flexibility index (Phi) is 5.75. The number of carbonyl (C=O) groups excluding carboxylic acids is 1. The Morgan fingerprint density at radius 3 is 2.47 bits per heavy atom. The summed E-state index contributed by atoms with van der Waals surface area (Å²) in [6.45, 7) is 2.47. The van der Waals surface area contributed by atoms with Gasteiger partial charge in [0.15, 0.2) is 22.9 Å². The fraction of sp³-hybridized carbons (Fsp3) is 0.120. The second-order valence-electron chi connectivity index (χ2n) is 8.11. The summed E-state index contributed by atoms with van der Waals surface area (Å²) < 4.78 is 56.8. The van der Waals surface area contributed by atoms with Gasteiger partial charge in [0.05, 0.1) is 12.2 Å². The molecule has 11 heteroatoms. The summed E-state index contributed by atoms with van der Waals surface area (Å²) in [6.07, 6.45) is -3.09. The molecular weight excluding hydrogens is 476 g/mol. The molecule has 3 heterocycles. The zero-order chi connectivity index (χ0) is 25.4. The van der Waals surface area contributed by atoms with Gasteiger partial charge in [-0.3, -0.25) is 9.48 Å². The van der Waals surface area contributed by atoms with Crippen molar-refractivity contribution in [3.8, 4) is 11.3 Å². The molecule has 182 valence electrons. The van der Waals surface area contributed by atoms with Gasteiger partial charge in [-0.15, -0.1) is 0 Å². The van der Waals surface area contributed by atoms with Crippen molar-refractivity contribution in [1.29, 1.82) is 0 Å². The van der Waals surface area contributed by atoms with Crippen LogP contribution in [0.15, 0.2) is 72.9 Å². The second kappa shape index (κ2) is 8.91. The van der Waals surface area contributed by atoms with Crippen LogP contribution < -0.4 is 5.32 Å². The Labute approximate surface area is 202 Å². The monoisotopic (exact) mass is 494 g/mol. The van der Waals surface area contributed by atoms with Crippen molar-refractivity contribution in [3.05, 3.63) is 101 Å². The number of nitrogens with zero attached hydrogens (tertiary/aromatic N) is 5. The van der Waals surface area contributed by atoms with E-state index in [2.05, 4.69) is 20.5 Å². The Morgan fingerprint density at radius 1 is 1.00 bits per heavy atom. The fourth-order valence-corrected chi connectivity index (χ4v) is 3.71. The smallest absolute Gasteiger partial charge is 0.304 e. The molecule has 0 saturated carbocycles. The number of amides is 1. The van der Waals surface area contributed by atoms with E-state index < -0.39 is 23.6 Å². The first kappa shape index (κ1) is 23.2. The van der Waals surface area contributed by atoms with E-state index in [1.807, 2.05) is 31.2 Å². The van der Waals surface area contributed by atoms with Crippen molar-refractivity contribution >= 4 is 17.4 Å². The van der Waals surface area contributed by atoms with Crippen LogP contribution in [0.3, 0.4) is 0 Å². The molecular formula is C25H18F4N6O. The number of nitrogens with one attached hydrogen (secondary N) is 1.